The summed E-state index contributed by atoms with van der Waals surface area (Å²) in [6.07, 6.45) is 18.9. The maximum Gasteiger partial charge on any atom is 0.376 e. The summed E-state index contributed by atoms with van der Waals surface area (Å²) in [6, 6.07) is 0. The summed E-state index contributed by atoms with van der Waals surface area (Å²) < 4.78 is 98.7. The molecule has 2 atom stereocenters. The van der Waals surface area contributed by atoms with Gasteiger partial charge >= 0.3 is 17.8 Å². The standard InChI is InChI=1S/C41H82F6N2O4/c1-7-11-15-19-23-27-48(5,28-24-20-16-12-8-2)31-37(50)33-52-35-39(42,43)41(46,47)40(44,45)36-53-34-38(51)32-49(6,29-25-21-17-13-9-3)30-26-22-18-14-10-4/h37-38,50-51H,7-36H2,1-6H3/q+2. The maximum atomic E-state index is 14.7. The number of hydrogen-bond donors (Lipinski definition) is 2. The lowest BCUT2D eigenvalue weighted by atomic mass is 10.1. The normalized spacial score (nSPS) is 14.6. The first-order valence-corrected chi connectivity index (χ1v) is 21.3. The Morgan fingerprint density at radius 1 is 0.434 bits per heavy atom. The summed E-state index contributed by atoms with van der Waals surface area (Å²) in [6.45, 7) is 6.73. The van der Waals surface area contributed by atoms with Crippen molar-refractivity contribution in [3.8, 4) is 0 Å². The molecule has 12 heteroatoms. The molecule has 0 saturated heterocycles. The van der Waals surface area contributed by atoms with Gasteiger partial charge in [-0.15, -0.1) is 0 Å². The highest BCUT2D eigenvalue weighted by Crippen LogP contribution is 2.46. The van der Waals surface area contributed by atoms with E-state index in [1.807, 2.05) is 14.1 Å². The molecule has 0 fully saturated rings. The molecule has 0 aliphatic carbocycles. The van der Waals surface area contributed by atoms with Crippen LogP contribution in [0.1, 0.15) is 156 Å². The Labute approximate surface area is 320 Å². The van der Waals surface area contributed by atoms with Crippen molar-refractivity contribution < 1.29 is 55.0 Å². The van der Waals surface area contributed by atoms with Crippen molar-refractivity contribution in [3.63, 3.8) is 0 Å². The lowest BCUT2D eigenvalue weighted by Crippen LogP contribution is -2.58. The lowest BCUT2D eigenvalue weighted by Gasteiger charge is -2.37. The minimum Gasteiger partial charge on any atom is -0.385 e. The lowest BCUT2D eigenvalue weighted by molar-refractivity contribution is -0.913. The number of nitrogens with zero attached hydrogens (tertiary/aromatic N) is 2. The predicted molar refractivity (Wildman–Crippen MR) is 205 cm³/mol. The van der Waals surface area contributed by atoms with Crippen LogP contribution in [0.25, 0.3) is 0 Å². The summed E-state index contributed by atoms with van der Waals surface area (Å²) in [5, 5.41) is 21.3. The van der Waals surface area contributed by atoms with E-state index in [4.69, 9.17) is 9.47 Å². The molecule has 0 bridgehead atoms. The van der Waals surface area contributed by atoms with Crippen molar-refractivity contribution in [1.82, 2.24) is 0 Å². The Hall–Kier alpha value is -0.660. The fourth-order valence-corrected chi connectivity index (χ4v) is 7.20. The van der Waals surface area contributed by atoms with Gasteiger partial charge in [-0.2, -0.15) is 26.3 Å². The number of halogens is 6. The summed E-state index contributed by atoms with van der Waals surface area (Å²) in [7, 11) is 3.98. The number of ether oxygens (including phenoxy) is 2. The Bertz CT molecular complexity index is 776. The van der Waals surface area contributed by atoms with Crippen LogP contribution in [0, 0.1) is 0 Å². The molecule has 0 saturated carbocycles. The third-order valence-electron chi connectivity index (χ3n) is 10.6. The predicted octanol–water partition coefficient (Wildman–Crippen LogP) is 10.4. The third kappa shape index (κ3) is 23.2. The molecule has 53 heavy (non-hydrogen) atoms. The molecular formula is C41H82F6N2O4+2. The molecule has 2 N–H and O–H groups in total. The molecule has 0 aromatic rings. The number of aliphatic hydroxyl groups is 2. The Kier molecular flexibility index (Phi) is 28.3. The Morgan fingerprint density at radius 2 is 0.679 bits per heavy atom. The van der Waals surface area contributed by atoms with Crippen molar-refractivity contribution in [3.05, 3.63) is 0 Å². The fourth-order valence-electron chi connectivity index (χ4n) is 7.20. The molecule has 0 spiro atoms. The van der Waals surface area contributed by atoms with Gasteiger partial charge in [0.15, 0.2) is 0 Å². The van der Waals surface area contributed by atoms with Crippen LogP contribution in [0.3, 0.4) is 0 Å². The number of alkyl halides is 6. The van der Waals surface area contributed by atoms with Gasteiger partial charge in [0.1, 0.15) is 38.5 Å². The molecule has 0 radical (unpaired) electrons. The maximum absolute atomic E-state index is 14.7. The zero-order valence-corrected chi connectivity index (χ0v) is 34.7. The van der Waals surface area contributed by atoms with E-state index in [1.54, 1.807) is 0 Å². The van der Waals surface area contributed by atoms with Crippen LogP contribution in [0.5, 0.6) is 0 Å². The van der Waals surface area contributed by atoms with Crippen molar-refractivity contribution in [1.29, 1.82) is 0 Å². The average molecular weight is 781 g/mol. The van der Waals surface area contributed by atoms with Crippen LogP contribution in [-0.4, -0.2) is 129 Å². The van der Waals surface area contributed by atoms with E-state index in [9.17, 15) is 36.6 Å². The molecule has 0 aliphatic rings. The van der Waals surface area contributed by atoms with Crippen molar-refractivity contribution in [2.45, 2.75) is 186 Å². The van der Waals surface area contributed by atoms with Crippen LogP contribution in [-0.2, 0) is 9.47 Å². The Morgan fingerprint density at radius 3 is 0.925 bits per heavy atom. The van der Waals surface area contributed by atoms with Gasteiger partial charge in [-0.25, -0.2) is 0 Å². The van der Waals surface area contributed by atoms with Crippen LogP contribution < -0.4 is 0 Å². The van der Waals surface area contributed by atoms with E-state index in [2.05, 4.69) is 27.7 Å². The first-order chi connectivity index (χ1) is 24.9. The molecule has 0 rings (SSSR count). The second kappa shape index (κ2) is 28.7. The van der Waals surface area contributed by atoms with E-state index in [-0.39, 0.29) is 13.1 Å². The van der Waals surface area contributed by atoms with Crippen LogP contribution >= 0.6 is 0 Å². The molecule has 0 amide bonds. The van der Waals surface area contributed by atoms with Crippen molar-refractivity contribution in [2.75, 3.05) is 79.8 Å². The van der Waals surface area contributed by atoms with Crippen LogP contribution in [0.2, 0.25) is 0 Å². The molecule has 6 nitrogen and oxygen atoms in total. The highest BCUT2D eigenvalue weighted by Gasteiger charge is 2.71. The molecule has 0 heterocycles. The van der Waals surface area contributed by atoms with Gasteiger partial charge < -0.3 is 28.7 Å². The van der Waals surface area contributed by atoms with Crippen LogP contribution in [0.4, 0.5) is 26.3 Å². The van der Waals surface area contributed by atoms with Gasteiger partial charge in [0.25, 0.3) is 0 Å². The number of aliphatic hydroxyl groups excluding tert-OH is 2. The monoisotopic (exact) mass is 781 g/mol. The van der Waals surface area contributed by atoms with E-state index >= 15 is 0 Å². The van der Waals surface area contributed by atoms with Gasteiger partial charge in [-0.3, -0.25) is 0 Å². The van der Waals surface area contributed by atoms with Gasteiger partial charge in [-0.05, 0) is 51.4 Å². The molecule has 320 valence electrons. The van der Waals surface area contributed by atoms with E-state index in [0.29, 0.717) is 8.97 Å². The highest BCUT2D eigenvalue weighted by atomic mass is 19.3. The summed E-state index contributed by atoms with van der Waals surface area (Å²) in [4.78, 5) is 0. The van der Waals surface area contributed by atoms with E-state index < -0.39 is 56.4 Å². The smallest absolute Gasteiger partial charge is 0.376 e. The second-order valence-corrected chi connectivity index (χ2v) is 16.5. The number of hydrogen-bond acceptors (Lipinski definition) is 4. The molecular weight excluding hydrogens is 698 g/mol. The molecule has 0 aromatic heterocycles. The minimum absolute atomic E-state index is 0.186. The zero-order chi connectivity index (χ0) is 40.3. The summed E-state index contributed by atoms with van der Waals surface area (Å²) in [5.41, 5.74) is 0. The Balaban J connectivity index is 5.13. The van der Waals surface area contributed by atoms with Gasteiger partial charge in [-0.1, -0.05) is 105 Å². The third-order valence-corrected chi connectivity index (χ3v) is 10.6. The van der Waals surface area contributed by atoms with Crippen molar-refractivity contribution in [2.24, 2.45) is 0 Å². The van der Waals surface area contributed by atoms with Crippen LogP contribution in [0.15, 0.2) is 0 Å². The van der Waals surface area contributed by atoms with Crippen molar-refractivity contribution >= 4 is 0 Å². The minimum atomic E-state index is -5.78. The second-order valence-electron chi connectivity index (χ2n) is 16.5. The van der Waals surface area contributed by atoms with Gasteiger partial charge in [0, 0.05) is 0 Å². The number of rotatable bonds is 38. The first kappa shape index (κ1) is 52.3. The molecule has 0 aromatic carbocycles. The number of unbranched alkanes of at least 4 members (excludes halogenated alkanes) is 16. The SMILES string of the molecule is CCCCCCC[N+](C)(CCCCCCC)CC(O)COCC(F)(F)C(F)(F)C(F)(F)COCC(O)C[N+](C)(CCCCCCC)CCCCCCC. The summed E-state index contributed by atoms with van der Waals surface area (Å²) in [5.74, 6) is -16.2. The summed E-state index contributed by atoms with van der Waals surface area (Å²) >= 11 is 0. The van der Waals surface area contributed by atoms with E-state index in [1.165, 1.54) is 0 Å². The topological polar surface area (TPSA) is 58.9 Å². The first-order valence-electron chi connectivity index (χ1n) is 21.3. The zero-order valence-electron chi connectivity index (χ0n) is 34.7. The fraction of sp³-hybridized carbons (Fsp3) is 1.00. The quantitative estimate of drug-likeness (QED) is 0.0372. The van der Waals surface area contributed by atoms with E-state index in [0.717, 1.165) is 155 Å². The number of quaternary nitrogens is 2. The van der Waals surface area contributed by atoms with Gasteiger partial charge in [0.2, 0.25) is 0 Å². The largest absolute Gasteiger partial charge is 0.385 e. The molecule has 0 aliphatic heterocycles. The molecule has 2 unspecified atom stereocenters. The highest BCUT2D eigenvalue weighted by molar-refractivity contribution is 4.96. The number of likely N-dealkylation sites (N-methyl/N-ethyl adjacent to an activating group) is 2. The average Bonchev–Trinajstić information content (AvgIpc) is 3.07. The van der Waals surface area contributed by atoms with Gasteiger partial charge in [0.05, 0.1) is 53.5 Å².